The third-order valence-electron chi connectivity index (χ3n) is 6.48. The molecular formula is C25H34FN5. The first-order chi connectivity index (χ1) is 15.0. The van der Waals surface area contributed by atoms with E-state index in [1.54, 1.807) is 6.08 Å². The predicted octanol–water partition coefficient (Wildman–Crippen LogP) is 5.08. The molecule has 0 spiro atoms. The van der Waals surface area contributed by atoms with Gasteiger partial charge in [0.25, 0.3) is 0 Å². The average Bonchev–Trinajstić information content (AvgIpc) is 2.78. The summed E-state index contributed by atoms with van der Waals surface area (Å²) in [6, 6.07) is 8.62. The molecule has 166 valence electrons. The number of hydrogen-bond donors (Lipinski definition) is 2. The Balaban J connectivity index is 1.27. The van der Waals surface area contributed by atoms with Crippen LogP contribution in [0, 0.1) is 11.8 Å². The minimum Gasteiger partial charge on any atom is -0.362 e. The van der Waals surface area contributed by atoms with Gasteiger partial charge in [0.2, 0.25) is 5.95 Å². The fraction of sp³-hybridized carbons (Fsp3) is 0.520. The highest BCUT2D eigenvalue weighted by Gasteiger charge is 2.22. The first-order valence-corrected chi connectivity index (χ1v) is 11.5. The van der Waals surface area contributed by atoms with Crippen molar-refractivity contribution in [2.45, 2.75) is 45.1 Å². The van der Waals surface area contributed by atoms with Crippen LogP contribution in [0.4, 0.5) is 16.2 Å². The first-order valence-electron chi connectivity index (χ1n) is 11.5. The number of aromatic nitrogens is 2. The number of para-hydroxylation sites is 1. The zero-order valence-corrected chi connectivity index (χ0v) is 18.9. The molecule has 2 aromatic rings. The summed E-state index contributed by atoms with van der Waals surface area (Å²) in [4.78, 5) is 11.5. The second-order valence-corrected chi connectivity index (χ2v) is 9.25. The summed E-state index contributed by atoms with van der Waals surface area (Å²) in [6.07, 6.45) is 9.01. The Bertz CT molecular complexity index is 960. The van der Waals surface area contributed by atoms with Crippen molar-refractivity contribution in [3.05, 3.63) is 47.8 Å². The summed E-state index contributed by atoms with van der Waals surface area (Å²) in [6.45, 7) is 3.70. The maximum absolute atomic E-state index is 14.0. The number of halogens is 1. The minimum atomic E-state index is -0.0454. The molecule has 1 unspecified atom stereocenters. The Kier molecular flexibility index (Phi) is 6.86. The van der Waals surface area contributed by atoms with Gasteiger partial charge in [0.1, 0.15) is 11.6 Å². The van der Waals surface area contributed by atoms with Gasteiger partial charge in [-0.3, -0.25) is 0 Å². The Morgan fingerprint density at radius 3 is 2.65 bits per heavy atom. The first kappa shape index (κ1) is 21.8. The molecule has 0 aliphatic heterocycles. The number of fused-ring (bicyclic) bond motifs is 1. The molecule has 0 radical (unpaired) electrons. The van der Waals surface area contributed by atoms with Crippen LogP contribution in [-0.2, 0) is 0 Å². The van der Waals surface area contributed by atoms with E-state index in [0.29, 0.717) is 30.4 Å². The number of allylic oxidation sites excluding steroid dienone is 3. The van der Waals surface area contributed by atoms with Crippen molar-refractivity contribution in [1.82, 2.24) is 15.3 Å². The van der Waals surface area contributed by atoms with Crippen molar-refractivity contribution < 1.29 is 4.39 Å². The Morgan fingerprint density at radius 1 is 1.10 bits per heavy atom. The van der Waals surface area contributed by atoms with Crippen LogP contribution in [0.25, 0.3) is 10.9 Å². The molecule has 1 heterocycles. The molecule has 0 bridgehead atoms. The molecule has 5 nitrogen and oxygen atoms in total. The van der Waals surface area contributed by atoms with E-state index >= 15 is 0 Å². The standard InChI is InChI=1S/C25H34FN5/c1-17-8-13-22(26)19(14-17)16-27-20-11-9-18(10-12-20)15-28-25-29-23-7-5-4-6-21(23)24(30-25)31(2)3/h4-8,13,17-18,20,27H,9-12,14-16H2,1-3H3,(H,28,29,30). The molecule has 0 saturated heterocycles. The van der Waals surface area contributed by atoms with Crippen LogP contribution in [0.15, 0.2) is 47.8 Å². The summed E-state index contributed by atoms with van der Waals surface area (Å²) >= 11 is 0. The third-order valence-corrected chi connectivity index (χ3v) is 6.48. The monoisotopic (exact) mass is 423 g/mol. The van der Waals surface area contributed by atoms with Crippen LogP contribution < -0.4 is 15.5 Å². The Morgan fingerprint density at radius 2 is 1.87 bits per heavy atom. The molecule has 2 N–H and O–H groups in total. The average molecular weight is 424 g/mol. The quantitative estimate of drug-likeness (QED) is 0.651. The van der Waals surface area contributed by atoms with E-state index in [2.05, 4.69) is 23.6 Å². The number of anilines is 2. The molecule has 6 heteroatoms. The lowest BCUT2D eigenvalue weighted by atomic mass is 9.85. The van der Waals surface area contributed by atoms with Crippen molar-refractivity contribution >= 4 is 22.7 Å². The van der Waals surface area contributed by atoms with E-state index in [1.807, 2.05) is 43.3 Å². The van der Waals surface area contributed by atoms with Gasteiger partial charge in [-0.2, -0.15) is 4.98 Å². The van der Waals surface area contributed by atoms with E-state index < -0.39 is 0 Å². The fourth-order valence-corrected chi connectivity index (χ4v) is 4.63. The SMILES string of the molecule is CC1C=CC(F)=C(CNC2CCC(CNc3nc(N(C)C)c4ccccc4n3)CC2)C1. The van der Waals surface area contributed by atoms with Gasteiger partial charge in [0.15, 0.2) is 0 Å². The molecular weight excluding hydrogens is 389 g/mol. The number of nitrogens with zero attached hydrogens (tertiary/aromatic N) is 3. The number of rotatable bonds is 7. The predicted molar refractivity (Wildman–Crippen MR) is 127 cm³/mol. The number of nitrogens with one attached hydrogen (secondary N) is 2. The highest BCUT2D eigenvalue weighted by Crippen LogP contribution is 2.28. The molecule has 1 aromatic carbocycles. The van der Waals surface area contributed by atoms with Crippen molar-refractivity contribution in [3.8, 4) is 0 Å². The van der Waals surface area contributed by atoms with Gasteiger partial charge in [-0.25, -0.2) is 9.37 Å². The van der Waals surface area contributed by atoms with Crippen LogP contribution in [0.3, 0.4) is 0 Å². The maximum atomic E-state index is 14.0. The molecule has 1 saturated carbocycles. The maximum Gasteiger partial charge on any atom is 0.225 e. The molecule has 4 rings (SSSR count). The van der Waals surface area contributed by atoms with Gasteiger partial charge in [-0.15, -0.1) is 0 Å². The van der Waals surface area contributed by atoms with Crippen LogP contribution in [-0.4, -0.2) is 43.2 Å². The van der Waals surface area contributed by atoms with Crippen LogP contribution in [0.1, 0.15) is 39.0 Å². The summed E-state index contributed by atoms with van der Waals surface area (Å²) in [7, 11) is 4.03. The molecule has 1 aromatic heterocycles. The van der Waals surface area contributed by atoms with Gasteiger partial charge >= 0.3 is 0 Å². The summed E-state index contributed by atoms with van der Waals surface area (Å²) in [5, 5.41) is 8.14. The second-order valence-electron chi connectivity index (χ2n) is 9.25. The van der Waals surface area contributed by atoms with Gasteiger partial charge in [-0.05, 0) is 67.7 Å². The molecule has 2 aliphatic rings. The number of benzene rings is 1. The van der Waals surface area contributed by atoms with E-state index in [1.165, 1.54) is 0 Å². The van der Waals surface area contributed by atoms with Crippen molar-refractivity contribution in [2.75, 3.05) is 37.4 Å². The fourth-order valence-electron chi connectivity index (χ4n) is 4.63. The van der Waals surface area contributed by atoms with Crippen molar-refractivity contribution in [3.63, 3.8) is 0 Å². The molecule has 2 aliphatic carbocycles. The highest BCUT2D eigenvalue weighted by atomic mass is 19.1. The zero-order valence-electron chi connectivity index (χ0n) is 18.9. The van der Waals surface area contributed by atoms with E-state index in [0.717, 1.165) is 60.9 Å². The van der Waals surface area contributed by atoms with E-state index in [9.17, 15) is 4.39 Å². The number of hydrogen-bond acceptors (Lipinski definition) is 5. The molecule has 1 atom stereocenters. The van der Waals surface area contributed by atoms with Gasteiger partial charge in [0, 0.05) is 38.6 Å². The highest BCUT2D eigenvalue weighted by molar-refractivity contribution is 5.90. The lowest BCUT2D eigenvalue weighted by Crippen LogP contribution is -2.36. The third kappa shape index (κ3) is 5.42. The summed E-state index contributed by atoms with van der Waals surface area (Å²) in [5.41, 5.74) is 1.88. The summed E-state index contributed by atoms with van der Waals surface area (Å²) in [5.74, 6) is 2.64. The molecule has 1 fully saturated rings. The smallest absolute Gasteiger partial charge is 0.225 e. The molecule has 0 amide bonds. The van der Waals surface area contributed by atoms with Gasteiger partial charge in [-0.1, -0.05) is 25.1 Å². The van der Waals surface area contributed by atoms with Crippen LogP contribution in [0.2, 0.25) is 0 Å². The lowest BCUT2D eigenvalue weighted by molar-refractivity contribution is 0.304. The normalized spacial score (nSPS) is 23.9. The van der Waals surface area contributed by atoms with Crippen LogP contribution in [0.5, 0.6) is 0 Å². The van der Waals surface area contributed by atoms with Gasteiger partial charge < -0.3 is 15.5 Å². The van der Waals surface area contributed by atoms with E-state index in [-0.39, 0.29) is 5.83 Å². The molecule has 31 heavy (non-hydrogen) atoms. The Labute approximate surface area is 184 Å². The van der Waals surface area contributed by atoms with E-state index in [4.69, 9.17) is 9.97 Å². The lowest BCUT2D eigenvalue weighted by Gasteiger charge is -2.30. The topological polar surface area (TPSA) is 53.1 Å². The minimum absolute atomic E-state index is 0.0454. The summed E-state index contributed by atoms with van der Waals surface area (Å²) < 4.78 is 14.0. The van der Waals surface area contributed by atoms with Gasteiger partial charge in [0.05, 0.1) is 5.52 Å². The van der Waals surface area contributed by atoms with Crippen molar-refractivity contribution in [1.29, 1.82) is 0 Å². The van der Waals surface area contributed by atoms with Crippen LogP contribution >= 0.6 is 0 Å². The zero-order chi connectivity index (χ0) is 21.8. The Hall–Kier alpha value is -2.47. The van der Waals surface area contributed by atoms with Crippen molar-refractivity contribution in [2.24, 2.45) is 11.8 Å². The second kappa shape index (κ2) is 9.77. The largest absolute Gasteiger partial charge is 0.362 e.